The summed E-state index contributed by atoms with van der Waals surface area (Å²) in [5, 5.41) is 0. The molecule has 6 nitrogen and oxygen atoms in total. The molecule has 2 aromatic rings. The van der Waals surface area contributed by atoms with E-state index in [2.05, 4.69) is 0 Å². The minimum Gasteiger partial charge on any atom is -0.479 e. The smallest absolute Gasteiger partial charge is 0.267 e. The van der Waals surface area contributed by atoms with Crippen LogP contribution in [0.15, 0.2) is 53.4 Å². The van der Waals surface area contributed by atoms with E-state index in [-0.39, 0.29) is 10.8 Å². The van der Waals surface area contributed by atoms with E-state index in [4.69, 9.17) is 4.74 Å². The fourth-order valence-corrected chi connectivity index (χ4v) is 3.80. The van der Waals surface area contributed by atoms with Crippen LogP contribution >= 0.6 is 0 Å². The van der Waals surface area contributed by atoms with Gasteiger partial charge in [0.15, 0.2) is 6.10 Å². The zero-order valence-corrected chi connectivity index (χ0v) is 14.4. The fraction of sp³-hybridized carbons (Fsp3) is 0.235. The van der Waals surface area contributed by atoms with E-state index < -0.39 is 16.1 Å². The SMILES string of the molecule is CC1Oc2ccc(S(=O)(=O)N(C)c3ccccc3)cc2N(C)C1=O. The predicted octanol–water partition coefficient (Wildman–Crippen LogP) is 2.26. The highest BCUT2D eigenvalue weighted by Gasteiger charge is 2.31. The zero-order chi connectivity index (χ0) is 17.5. The lowest BCUT2D eigenvalue weighted by atomic mass is 10.2. The molecule has 0 aromatic heterocycles. The van der Waals surface area contributed by atoms with E-state index in [9.17, 15) is 13.2 Å². The van der Waals surface area contributed by atoms with Crippen molar-refractivity contribution in [3.8, 4) is 5.75 Å². The molecule has 3 rings (SSSR count). The number of sulfonamides is 1. The summed E-state index contributed by atoms with van der Waals surface area (Å²) in [7, 11) is -0.634. The van der Waals surface area contributed by atoms with E-state index in [1.807, 2.05) is 6.07 Å². The Morgan fingerprint density at radius 3 is 2.46 bits per heavy atom. The van der Waals surface area contributed by atoms with Crippen LogP contribution in [0.25, 0.3) is 0 Å². The molecule has 0 spiro atoms. The third-order valence-corrected chi connectivity index (χ3v) is 5.83. The van der Waals surface area contributed by atoms with Gasteiger partial charge in [-0.15, -0.1) is 0 Å². The highest BCUT2D eigenvalue weighted by Crippen LogP contribution is 2.36. The minimum absolute atomic E-state index is 0.102. The van der Waals surface area contributed by atoms with E-state index in [1.165, 1.54) is 28.4 Å². The highest BCUT2D eigenvalue weighted by molar-refractivity contribution is 7.92. The Labute approximate surface area is 141 Å². The summed E-state index contributed by atoms with van der Waals surface area (Å²) in [5.74, 6) is 0.277. The summed E-state index contributed by atoms with van der Waals surface area (Å²) in [4.78, 5) is 13.6. The Morgan fingerprint density at radius 1 is 1.12 bits per heavy atom. The standard InChI is InChI=1S/C17H18N2O4S/c1-12-17(20)18(2)15-11-14(9-10-16(15)23-12)24(21,22)19(3)13-7-5-4-6-8-13/h4-12H,1-3H3. The summed E-state index contributed by atoms with van der Waals surface area (Å²) in [6.07, 6.45) is -0.586. The number of benzene rings is 2. The lowest BCUT2D eigenvalue weighted by molar-refractivity contribution is -0.125. The van der Waals surface area contributed by atoms with Crippen LogP contribution in [0.1, 0.15) is 6.92 Å². The molecule has 2 aromatic carbocycles. The molecule has 1 aliphatic rings. The first-order valence-corrected chi connectivity index (χ1v) is 8.88. The van der Waals surface area contributed by atoms with E-state index >= 15 is 0 Å². The second-order valence-electron chi connectivity index (χ2n) is 5.59. The number of hydrogen-bond acceptors (Lipinski definition) is 4. The molecule has 1 unspecified atom stereocenters. The average molecular weight is 346 g/mol. The number of carbonyl (C=O) groups is 1. The second-order valence-corrected chi connectivity index (χ2v) is 7.56. The number of anilines is 2. The lowest BCUT2D eigenvalue weighted by Gasteiger charge is -2.30. The molecular formula is C17H18N2O4S. The van der Waals surface area contributed by atoms with Crippen LogP contribution in [0.2, 0.25) is 0 Å². The van der Waals surface area contributed by atoms with E-state index in [0.717, 1.165) is 0 Å². The van der Waals surface area contributed by atoms with Crippen LogP contribution in [0.4, 0.5) is 11.4 Å². The molecule has 1 atom stereocenters. The third kappa shape index (κ3) is 2.60. The summed E-state index contributed by atoms with van der Waals surface area (Å²) in [6.45, 7) is 1.66. The van der Waals surface area contributed by atoms with Crippen molar-refractivity contribution in [2.45, 2.75) is 17.9 Å². The first-order chi connectivity index (χ1) is 11.3. The summed E-state index contributed by atoms with van der Waals surface area (Å²) in [6, 6.07) is 13.3. The first kappa shape index (κ1) is 16.3. The monoisotopic (exact) mass is 346 g/mol. The van der Waals surface area contributed by atoms with Gasteiger partial charge in [-0.2, -0.15) is 0 Å². The summed E-state index contributed by atoms with van der Waals surface area (Å²) < 4.78 is 32.4. The molecule has 0 saturated heterocycles. The van der Waals surface area contributed by atoms with Gasteiger partial charge in [-0.3, -0.25) is 9.10 Å². The van der Waals surface area contributed by atoms with Gasteiger partial charge < -0.3 is 9.64 Å². The van der Waals surface area contributed by atoms with Gasteiger partial charge in [-0.1, -0.05) is 18.2 Å². The molecule has 24 heavy (non-hydrogen) atoms. The third-order valence-electron chi connectivity index (χ3n) is 4.05. The van der Waals surface area contributed by atoms with Crippen molar-refractivity contribution in [3.05, 3.63) is 48.5 Å². The molecule has 0 aliphatic carbocycles. The largest absolute Gasteiger partial charge is 0.479 e. The second kappa shape index (κ2) is 5.83. The van der Waals surface area contributed by atoms with Crippen LogP contribution in [0.5, 0.6) is 5.75 Å². The fourth-order valence-electron chi connectivity index (χ4n) is 2.59. The van der Waals surface area contributed by atoms with Gasteiger partial charge in [-0.25, -0.2) is 8.42 Å². The highest BCUT2D eigenvalue weighted by atomic mass is 32.2. The molecule has 7 heteroatoms. The van der Waals surface area contributed by atoms with Gasteiger partial charge >= 0.3 is 0 Å². The molecule has 0 radical (unpaired) electrons. The number of para-hydroxylation sites is 1. The van der Waals surface area contributed by atoms with Gasteiger partial charge in [0.05, 0.1) is 16.3 Å². The first-order valence-electron chi connectivity index (χ1n) is 7.44. The van der Waals surface area contributed by atoms with Gasteiger partial charge in [0.1, 0.15) is 5.75 Å². The summed E-state index contributed by atoms with van der Waals surface area (Å²) >= 11 is 0. The number of fused-ring (bicyclic) bond motifs is 1. The summed E-state index contributed by atoms with van der Waals surface area (Å²) in [5.41, 5.74) is 1.00. The number of rotatable bonds is 3. The molecule has 126 valence electrons. The van der Waals surface area contributed by atoms with Crippen LogP contribution in [-0.2, 0) is 14.8 Å². The quantitative estimate of drug-likeness (QED) is 0.855. The number of hydrogen-bond donors (Lipinski definition) is 0. The van der Waals surface area contributed by atoms with Crippen molar-refractivity contribution >= 4 is 27.3 Å². The zero-order valence-electron chi connectivity index (χ0n) is 13.6. The van der Waals surface area contributed by atoms with Crippen molar-refractivity contribution in [3.63, 3.8) is 0 Å². The maximum atomic E-state index is 12.9. The van der Waals surface area contributed by atoms with Crippen LogP contribution in [0, 0.1) is 0 Å². The lowest BCUT2D eigenvalue weighted by Crippen LogP contribution is -2.42. The molecular weight excluding hydrogens is 328 g/mol. The van der Waals surface area contributed by atoms with Crippen LogP contribution in [-0.4, -0.2) is 34.5 Å². The number of ether oxygens (including phenoxy) is 1. The van der Waals surface area contributed by atoms with Gasteiger partial charge in [0, 0.05) is 14.1 Å². The number of nitrogens with zero attached hydrogens (tertiary/aromatic N) is 2. The van der Waals surface area contributed by atoms with Crippen LogP contribution in [0.3, 0.4) is 0 Å². The van der Waals surface area contributed by atoms with Crippen LogP contribution < -0.4 is 13.9 Å². The molecule has 1 aliphatic heterocycles. The number of amides is 1. The molecule has 0 fully saturated rings. The van der Waals surface area contributed by atoms with Crippen molar-refractivity contribution in [2.75, 3.05) is 23.3 Å². The normalized spacial score (nSPS) is 17.2. The van der Waals surface area contributed by atoms with Crippen molar-refractivity contribution in [2.24, 2.45) is 0 Å². The number of likely N-dealkylation sites (N-methyl/N-ethyl adjacent to an activating group) is 1. The Morgan fingerprint density at radius 2 is 1.79 bits per heavy atom. The Bertz CT molecular complexity index is 881. The molecule has 0 N–H and O–H groups in total. The molecule has 0 bridgehead atoms. The van der Waals surface area contributed by atoms with Gasteiger partial charge in [-0.05, 0) is 37.3 Å². The maximum Gasteiger partial charge on any atom is 0.267 e. The van der Waals surface area contributed by atoms with Crippen molar-refractivity contribution < 1.29 is 17.9 Å². The molecule has 1 heterocycles. The number of carbonyl (C=O) groups excluding carboxylic acids is 1. The molecule has 0 saturated carbocycles. The average Bonchev–Trinajstić information content (AvgIpc) is 2.59. The Hall–Kier alpha value is -2.54. The Kier molecular flexibility index (Phi) is 3.96. The van der Waals surface area contributed by atoms with E-state index in [0.29, 0.717) is 17.1 Å². The van der Waals surface area contributed by atoms with Gasteiger partial charge in [0.25, 0.3) is 15.9 Å². The van der Waals surface area contributed by atoms with Crippen molar-refractivity contribution in [1.29, 1.82) is 0 Å². The van der Waals surface area contributed by atoms with Gasteiger partial charge in [0.2, 0.25) is 0 Å². The van der Waals surface area contributed by atoms with Crippen molar-refractivity contribution in [1.82, 2.24) is 0 Å². The topological polar surface area (TPSA) is 66.9 Å². The predicted molar refractivity (Wildman–Crippen MR) is 92.0 cm³/mol. The minimum atomic E-state index is -3.74. The molecule has 1 amide bonds. The Balaban J connectivity index is 2.03. The van der Waals surface area contributed by atoms with E-state index in [1.54, 1.807) is 44.3 Å². The maximum absolute atomic E-state index is 12.9.